The van der Waals surface area contributed by atoms with Crippen molar-refractivity contribution in [1.29, 1.82) is 0 Å². The molecule has 42 heavy (non-hydrogen) atoms. The number of nitrogens with one attached hydrogen (secondary N) is 1. The summed E-state index contributed by atoms with van der Waals surface area (Å²) < 4.78 is 0. The lowest BCUT2D eigenvalue weighted by Gasteiger charge is -2.47. The Bertz CT molecular complexity index is 1320. The molecule has 2 N–H and O–H groups in total. The van der Waals surface area contributed by atoms with Gasteiger partial charge >= 0.3 is 5.97 Å². The van der Waals surface area contributed by atoms with Crippen molar-refractivity contribution in [1.82, 2.24) is 10.2 Å². The Morgan fingerprint density at radius 3 is 2.33 bits per heavy atom. The van der Waals surface area contributed by atoms with Gasteiger partial charge in [0.1, 0.15) is 11.4 Å². The number of amides is 2. The normalized spacial score (nSPS) is 21.5. The Labute approximate surface area is 254 Å². The van der Waals surface area contributed by atoms with Gasteiger partial charge in [0.15, 0.2) is 0 Å². The van der Waals surface area contributed by atoms with Crippen molar-refractivity contribution in [2.75, 3.05) is 6.54 Å². The van der Waals surface area contributed by atoms with E-state index in [2.05, 4.69) is 39.9 Å². The molecule has 0 saturated heterocycles. The molecule has 2 amide bonds. The van der Waals surface area contributed by atoms with Gasteiger partial charge < -0.3 is 15.3 Å². The van der Waals surface area contributed by atoms with E-state index in [1.807, 2.05) is 35.2 Å². The first-order valence-electron chi connectivity index (χ1n) is 15.1. The first-order valence-corrected chi connectivity index (χ1v) is 15.5. The van der Waals surface area contributed by atoms with Crippen LogP contribution in [0, 0.1) is 17.3 Å². The van der Waals surface area contributed by atoms with Gasteiger partial charge in [-0.25, -0.2) is 0 Å². The maximum Gasteiger partial charge on any atom is 0.305 e. The van der Waals surface area contributed by atoms with Crippen LogP contribution in [0.3, 0.4) is 0 Å². The number of aliphatic imine (C=N–C) groups is 1. The lowest BCUT2D eigenvalue weighted by Crippen LogP contribution is -2.51. The zero-order chi connectivity index (χ0) is 30.7. The Balaban J connectivity index is 1.70. The van der Waals surface area contributed by atoms with E-state index in [0.717, 1.165) is 49.7 Å². The fraction of sp³-hybridized carbons (Fsp3) is 0.529. The molecule has 0 bridgehead atoms. The number of halogens is 1. The van der Waals surface area contributed by atoms with Gasteiger partial charge in [-0.1, -0.05) is 70.5 Å². The van der Waals surface area contributed by atoms with Gasteiger partial charge in [-0.3, -0.25) is 19.4 Å². The van der Waals surface area contributed by atoms with Gasteiger partial charge in [0.2, 0.25) is 0 Å². The summed E-state index contributed by atoms with van der Waals surface area (Å²) in [5, 5.41) is 12.1. The van der Waals surface area contributed by atoms with E-state index in [0.29, 0.717) is 28.1 Å². The molecule has 1 heterocycles. The highest BCUT2D eigenvalue weighted by molar-refractivity contribution is 6.47. The maximum atomic E-state index is 14.4. The smallest absolute Gasteiger partial charge is 0.305 e. The number of aliphatic carboxylic acids is 1. The topological polar surface area (TPSA) is 99.1 Å². The van der Waals surface area contributed by atoms with Crippen LogP contribution in [0.2, 0.25) is 5.02 Å². The quantitative estimate of drug-likeness (QED) is 0.302. The molecule has 226 valence electrons. The fourth-order valence-corrected chi connectivity index (χ4v) is 6.54. The van der Waals surface area contributed by atoms with E-state index in [-0.39, 0.29) is 36.2 Å². The Hall–Kier alpha value is -3.19. The molecule has 1 fully saturated rings. The van der Waals surface area contributed by atoms with E-state index < -0.39 is 11.6 Å². The maximum absolute atomic E-state index is 14.4. The molecule has 7 nitrogen and oxygen atoms in total. The molecule has 4 rings (SSSR count). The van der Waals surface area contributed by atoms with Crippen molar-refractivity contribution >= 4 is 35.1 Å². The van der Waals surface area contributed by atoms with Gasteiger partial charge in [0.25, 0.3) is 11.8 Å². The summed E-state index contributed by atoms with van der Waals surface area (Å²) in [6.45, 7) is 11.3. The molecule has 2 aromatic carbocycles. The summed E-state index contributed by atoms with van der Waals surface area (Å²) in [5.41, 5.74) is 2.18. The molecule has 0 radical (unpaired) electrons. The minimum Gasteiger partial charge on any atom is -0.481 e. The molecule has 2 aromatic rings. The van der Waals surface area contributed by atoms with Crippen molar-refractivity contribution in [2.45, 2.75) is 91.3 Å². The van der Waals surface area contributed by atoms with Gasteiger partial charge in [0, 0.05) is 22.7 Å². The Morgan fingerprint density at radius 1 is 1.10 bits per heavy atom. The Kier molecular flexibility index (Phi) is 9.81. The van der Waals surface area contributed by atoms with Crippen LogP contribution in [0.15, 0.2) is 53.5 Å². The third-order valence-corrected chi connectivity index (χ3v) is 9.05. The van der Waals surface area contributed by atoms with Crippen LogP contribution in [0.1, 0.15) is 107 Å². The predicted molar refractivity (Wildman–Crippen MR) is 167 cm³/mol. The van der Waals surface area contributed by atoms with Crippen molar-refractivity contribution in [3.63, 3.8) is 0 Å². The molecular weight excluding hydrogens is 550 g/mol. The highest BCUT2D eigenvalue weighted by Crippen LogP contribution is 2.50. The average Bonchev–Trinajstić information content (AvgIpc) is 3.19. The third-order valence-electron chi connectivity index (χ3n) is 8.81. The number of hydrogen-bond donors (Lipinski definition) is 2. The number of rotatable bonds is 10. The molecule has 1 atom stereocenters. The number of carboxylic acid groups (broad SMARTS) is 1. The molecule has 1 spiro atoms. The summed E-state index contributed by atoms with van der Waals surface area (Å²) >= 11 is 6.34. The van der Waals surface area contributed by atoms with Gasteiger partial charge in [-0.05, 0) is 85.6 Å². The largest absolute Gasteiger partial charge is 0.481 e. The second kappa shape index (κ2) is 13.0. The zero-order valence-corrected chi connectivity index (χ0v) is 26.2. The minimum absolute atomic E-state index is 0.0664. The molecule has 1 saturated carbocycles. The zero-order valence-electron chi connectivity index (χ0n) is 25.5. The molecule has 0 unspecified atom stereocenters. The molecule has 0 aromatic heterocycles. The van der Waals surface area contributed by atoms with Gasteiger partial charge in [-0.15, -0.1) is 0 Å². The summed E-state index contributed by atoms with van der Waals surface area (Å²) in [5.74, 6) is -0.347. The summed E-state index contributed by atoms with van der Waals surface area (Å²) in [6.07, 6.45) is 5.15. The van der Waals surface area contributed by atoms with E-state index in [9.17, 15) is 14.4 Å². The number of carbonyl (C=O) groups is 3. The minimum atomic E-state index is -0.959. The van der Waals surface area contributed by atoms with Crippen LogP contribution in [-0.2, 0) is 9.59 Å². The highest BCUT2D eigenvalue weighted by Gasteiger charge is 2.52. The lowest BCUT2D eigenvalue weighted by atomic mass is 9.69. The number of hydrogen-bond acceptors (Lipinski definition) is 4. The van der Waals surface area contributed by atoms with E-state index in [4.69, 9.17) is 21.7 Å². The van der Waals surface area contributed by atoms with Crippen LogP contribution in [-0.4, -0.2) is 45.7 Å². The van der Waals surface area contributed by atoms with Crippen LogP contribution in [0.4, 0.5) is 0 Å². The molecule has 1 aliphatic carbocycles. The van der Waals surface area contributed by atoms with Crippen LogP contribution in [0.25, 0.3) is 0 Å². The second-order valence-corrected chi connectivity index (χ2v) is 13.7. The second-order valence-electron chi connectivity index (χ2n) is 13.3. The summed E-state index contributed by atoms with van der Waals surface area (Å²) in [7, 11) is 0. The van der Waals surface area contributed by atoms with Gasteiger partial charge in [0.05, 0.1) is 12.5 Å². The monoisotopic (exact) mass is 593 g/mol. The first kappa shape index (κ1) is 31.7. The number of carboxylic acids is 1. The average molecular weight is 594 g/mol. The van der Waals surface area contributed by atoms with E-state index >= 15 is 0 Å². The van der Waals surface area contributed by atoms with Crippen molar-refractivity contribution in [3.05, 3.63) is 70.2 Å². The van der Waals surface area contributed by atoms with E-state index in [1.165, 1.54) is 0 Å². The first-order chi connectivity index (χ1) is 19.8. The standard InChI is InChI=1S/C34H44ClN3O4/c1-22(2)9-14-28(23-10-12-24(13-11-23)31(41)36-20-17-29(39)40)38-32(42)30(25-7-6-8-27(35)21-25)37-34(38)18-15-26(16-19-34)33(3,4)5/h6-8,10-13,21-22,26,28H,9,14-20H2,1-5H3,(H,36,41)(H,39,40)/t26?,28-,34?/m1/s1. The predicted octanol–water partition coefficient (Wildman–Crippen LogP) is 7.29. The highest BCUT2D eigenvalue weighted by atomic mass is 35.5. The van der Waals surface area contributed by atoms with Crippen LogP contribution < -0.4 is 5.32 Å². The molecule has 2 aliphatic rings. The number of benzene rings is 2. The molecule has 8 heteroatoms. The SMILES string of the molecule is CC(C)CC[C@H](c1ccc(C(=O)NCCC(=O)O)cc1)N1C(=O)C(c2cccc(Cl)c2)=NC12CCC(C(C)(C)C)CC2. The molecule has 1 aliphatic heterocycles. The van der Waals surface area contributed by atoms with Gasteiger partial charge in [-0.2, -0.15) is 0 Å². The molecular formula is C34H44ClN3O4. The van der Waals surface area contributed by atoms with Crippen LogP contribution >= 0.6 is 11.6 Å². The van der Waals surface area contributed by atoms with Crippen molar-refractivity contribution in [2.24, 2.45) is 22.2 Å². The lowest BCUT2D eigenvalue weighted by molar-refractivity contribution is -0.137. The van der Waals surface area contributed by atoms with E-state index in [1.54, 1.807) is 18.2 Å². The van der Waals surface area contributed by atoms with Crippen molar-refractivity contribution in [3.8, 4) is 0 Å². The number of carbonyl (C=O) groups excluding carboxylic acids is 2. The summed E-state index contributed by atoms with van der Waals surface area (Å²) in [4.78, 5) is 45.2. The summed E-state index contributed by atoms with van der Waals surface area (Å²) in [6, 6.07) is 14.5. The van der Waals surface area contributed by atoms with Crippen molar-refractivity contribution < 1.29 is 19.5 Å². The third kappa shape index (κ3) is 7.23. The number of nitrogens with zero attached hydrogens (tertiary/aromatic N) is 2. The fourth-order valence-electron chi connectivity index (χ4n) is 6.34. The van der Waals surface area contributed by atoms with Crippen LogP contribution in [0.5, 0.6) is 0 Å². The Morgan fingerprint density at radius 2 is 1.76 bits per heavy atom.